The highest BCUT2D eigenvalue weighted by Gasteiger charge is 2.09. The van der Waals surface area contributed by atoms with Gasteiger partial charge >= 0.3 is 0 Å². The molecule has 0 fully saturated rings. The molecule has 2 rings (SSSR count). The maximum atomic E-state index is 13.2. The van der Waals surface area contributed by atoms with E-state index >= 15 is 0 Å². The van der Waals surface area contributed by atoms with Gasteiger partial charge in [0.25, 0.3) is 0 Å². The quantitative estimate of drug-likeness (QED) is 0.754. The lowest BCUT2D eigenvalue weighted by Crippen LogP contribution is -2.00. The minimum atomic E-state index is -0.512. The van der Waals surface area contributed by atoms with Gasteiger partial charge in [0.2, 0.25) is 0 Å². The van der Waals surface area contributed by atoms with Crippen LogP contribution in [0.25, 0.3) is 5.69 Å². The number of aromatic nitrogens is 2. The highest BCUT2D eigenvalue weighted by atomic mass is 35.5. The minimum Gasteiger partial charge on any atom is -0.298 e. The molecule has 0 aliphatic rings. The molecular weight excluding hydrogens is 231 g/mol. The highest BCUT2D eigenvalue weighted by Crippen LogP contribution is 2.19. The first kappa shape index (κ1) is 10.8. The Morgan fingerprint density at radius 2 is 2.25 bits per heavy atom. The molecule has 1 heterocycles. The molecule has 0 atom stereocenters. The Kier molecular flexibility index (Phi) is 2.75. The average molecular weight is 239 g/mol. The van der Waals surface area contributed by atoms with Crippen molar-refractivity contribution in [3.05, 3.63) is 46.5 Å². The summed E-state index contributed by atoms with van der Waals surface area (Å²) >= 11 is 5.58. The van der Waals surface area contributed by atoms with Crippen molar-refractivity contribution in [3.8, 4) is 5.69 Å². The molecule has 0 amide bonds. The van der Waals surface area contributed by atoms with Crippen LogP contribution >= 0.6 is 11.6 Å². The van der Waals surface area contributed by atoms with E-state index in [9.17, 15) is 9.18 Å². The molecule has 1 aromatic carbocycles. The van der Waals surface area contributed by atoms with Crippen LogP contribution in [0.15, 0.2) is 24.4 Å². The smallest absolute Gasteiger partial charge is 0.153 e. The largest absolute Gasteiger partial charge is 0.298 e. The number of carbonyl (C=O) groups is 1. The van der Waals surface area contributed by atoms with Gasteiger partial charge in [0.1, 0.15) is 5.82 Å². The summed E-state index contributed by atoms with van der Waals surface area (Å²) in [6.07, 6.45) is 2.15. The van der Waals surface area contributed by atoms with Crippen LogP contribution in [-0.2, 0) is 0 Å². The summed E-state index contributed by atoms with van der Waals surface area (Å²) in [6.45, 7) is 1.74. The summed E-state index contributed by atoms with van der Waals surface area (Å²) < 4.78 is 14.7. The van der Waals surface area contributed by atoms with Crippen LogP contribution in [0.3, 0.4) is 0 Å². The molecule has 0 aliphatic heterocycles. The van der Waals surface area contributed by atoms with Crippen LogP contribution in [-0.4, -0.2) is 16.1 Å². The highest BCUT2D eigenvalue weighted by molar-refractivity contribution is 6.30. The van der Waals surface area contributed by atoms with Crippen LogP contribution in [0.5, 0.6) is 0 Å². The SMILES string of the molecule is Cc1c(C=O)cnn1-c1ccc(Cl)c(F)c1. The Morgan fingerprint density at radius 1 is 1.50 bits per heavy atom. The number of nitrogens with zero attached hydrogens (tertiary/aromatic N) is 2. The van der Waals surface area contributed by atoms with E-state index in [0.29, 0.717) is 23.2 Å². The van der Waals surface area contributed by atoms with Gasteiger partial charge in [-0.25, -0.2) is 9.07 Å². The maximum Gasteiger partial charge on any atom is 0.153 e. The molecule has 3 nitrogen and oxygen atoms in total. The van der Waals surface area contributed by atoms with Crippen molar-refractivity contribution in [2.75, 3.05) is 0 Å². The van der Waals surface area contributed by atoms with Gasteiger partial charge in [0.05, 0.1) is 28.2 Å². The molecule has 5 heteroatoms. The first-order valence-electron chi connectivity index (χ1n) is 4.58. The second-order valence-corrected chi connectivity index (χ2v) is 3.72. The van der Waals surface area contributed by atoms with Crippen molar-refractivity contribution in [1.29, 1.82) is 0 Å². The lowest BCUT2D eigenvalue weighted by molar-refractivity contribution is 0.112. The Labute approximate surface area is 96.5 Å². The Morgan fingerprint density at radius 3 is 2.81 bits per heavy atom. The van der Waals surface area contributed by atoms with Crippen LogP contribution in [0, 0.1) is 12.7 Å². The molecule has 0 bridgehead atoms. The molecular formula is C11H8ClFN2O. The number of rotatable bonds is 2. The lowest BCUT2D eigenvalue weighted by atomic mass is 10.2. The van der Waals surface area contributed by atoms with E-state index in [1.54, 1.807) is 13.0 Å². The summed E-state index contributed by atoms with van der Waals surface area (Å²) in [7, 11) is 0. The standard InChI is InChI=1S/C11H8ClFN2O/c1-7-8(6-16)5-14-15(7)9-2-3-10(12)11(13)4-9/h2-6H,1H3. The summed E-state index contributed by atoms with van der Waals surface area (Å²) in [6, 6.07) is 4.37. The van der Waals surface area contributed by atoms with E-state index < -0.39 is 5.82 Å². The summed E-state index contributed by atoms with van der Waals surface area (Å²) in [4.78, 5) is 10.6. The van der Waals surface area contributed by atoms with Crippen LogP contribution in [0.2, 0.25) is 5.02 Å². The number of benzene rings is 1. The van der Waals surface area contributed by atoms with E-state index in [4.69, 9.17) is 11.6 Å². The lowest BCUT2D eigenvalue weighted by Gasteiger charge is -2.05. The Bertz CT molecular complexity index is 551. The van der Waals surface area contributed by atoms with Crippen LogP contribution in [0.1, 0.15) is 16.1 Å². The fourth-order valence-electron chi connectivity index (χ4n) is 1.42. The van der Waals surface area contributed by atoms with Gasteiger partial charge in [-0.1, -0.05) is 11.6 Å². The van der Waals surface area contributed by atoms with Gasteiger partial charge < -0.3 is 0 Å². The number of hydrogen-bond acceptors (Lipinski definition) is 2. The van der Waals surface area contributed by atoms with Crippen LogP contribution < -0.4 is 0 Å². The zero-order valence-electron chi connectivity index (χ0n) is 8.45. The number of aldehydes is 1. The van der Waals surface area contributed by atoms with E-state index in [2.05, 4.69) is 5.10 Å². The van der Waals surface area contributed by atoms with Gasteiger partial charge in [0.15, 0.2) is 6.29 Å². The van der Waals surface area contributed by atoms with E-state index in [-0.39, 0.29) is 5.02 Å². The van der Waals surface area contributed by atoms with Gasteiger partial charge in [-0.15, -0.1) is 0 Å². The average Bonchev–Trinajstić information content (AvgIpc) is 2.64. The Balaban J connectivity index is 2.54. The van der Waals surface area contributed by atoms with Crippen molar-refractivity contribution < 1.29 is 9.18 Å². The molecule has 0 saturated heterocycles. The molecule has 0 saturated carbocycles. The molecule has 0 spiro atoms. The molecule has 2 aromatic rings. The van der Waals surface area contributed by atoms with Gasteiger partial charge in [-0.3, -0.25) is 4.79 Å². The van der Waals surface area contributed by atoms with Crippen LogP contribution in [0.4, 0.5) is 4.39 Å². The van der Waals surface area contributed by atoms with Gasteiger partial charge in [-0.2, -0.15) is 5.10 Å². The Hall–Kier alpha value is -1.68. The molecule has 16 heavy (non-hydrogen) atoms. The minimum absolute atomic E-state index is 0.0594. The third kappa shape index (κ3) is 1.72. The third-order valence-corrected chi connectivity index (χ3v) is 2.63. The van der Waals surface area contributed by atoms with E-state index in [0.717, 1.165) is 0 Å². The molecule has 0 radical (unpaired) electrons. The fourth-order valence-corrected chi connectivity index (χ4v) is 1.53. The summed E-state index contributed by atoms with van der Waals surface area (Å²) in [5.41, 5.74) is 1.68. The predicted molar refractivity (Wildman–Crippen MR) is 58.7 cm³/mol. The third-order valence-electron chi connectivity index (χ3n) is 2.32. The topological polar surface area (TPSA) is 34.9 Å². The fraction of sp³-hybridized carbons (Fsp3) is 0.0909. The normalized spacial score (nSPS) is 10.4. The molecule has 0 N–H and O–H groups in total. The zero-order chi connectivity index (χ0) is 11.7. The zero-order valence-corrected chi connectivity index (χ0v) is 9.20. The van der Waals surface area contributed by atoms with E-state index in [1.165, 1.54) is 23.0 Å². The summed E-state index contributed by atoms with van der Waals surface area (Å²) in [5.74, 6) is -0.512. The first-order valence-corrected chi connectivity index (χ1v) is 4.96. The first-order chi connectivity index (χ1) is 7.63. The van der Waals surface area contributed by atoms with Crippen molar-refractivity contribution >= 4 is 17.9 Å². The van der Waals surface area contributed by atoms with Crippen molar-refractivity contribution in [1.82, 2.24) is 9.78 Å². The number of hydrogen-bond donors (Lipinski definition) is 0. The van der Waals surface area contributed by atoms with Crippen molar-refractivity contribution in [2.24, 2.45) is 0 Å². The van der Waals surface area contributed by atoms with Gasteiger partial charge in [0, 0.05) is 6.07 Å². The summed E-state index contributed by atoms with van der Waals surface area (Å²) in [5, 5.41) is 4.06. The number of halogens is 2. The second kappa shape index (κ2) is 4.06. The van der Waals surface area contributed by atoms with Gasteiger partial charge in [-0.05, 0) is 19.1 Å². The second-order valence-electron chi connectivity index (χ2n) is 3.31. The monoisotopic (exact) mass is 238 g/mol. The van der Waals surface area contributed by atoms with E-state index in [1.807, 2.05) is 0 Å². The molecule has 82 valence electrons. The maximum absolute atomic E-state index is 13.2. The molecule has 0 unspecified atom stereocenters. The van der Waals surface area contributed by atoms with Crippen molar-refractivity contribution in [3.63, 3.8) is 0 Å². The molecule has 1 aromatic heterocycles. The number of carbonyl (C=O) groups excluding carboxylic acids is 1. The molecule has 0 aliphatic carbocycles. The predicted octanol–water partition coefficient (Wildman–Crippen LogP) is 2.79. The van der Waals surface area contributed by atoms with Crippen molar-refractivity contribution in [2.45, 2.75) is 6.92 Å².